The number of hydrogen-bond donors (Lipinski definition) is 2. The van der Waals surface area contributed by atoms with Gasteiger partial charge in [0.25, 0.3) is 5.91 Å². The average Bonchev–Trinajstić information content (AvgIpc) is 2.57. The number of carbonyl (C=O) groups excluding carboxylic acids is 1. The van der Waals surface area contributed by atoms with E-state index in [0.29, 0.717) is 22.0 Å². The zero-order valence-corrected chi connectivity index (χ0v) is 13.7. The summed E-state index contributed by atoms with van der Waals surface area (Å²) in [6.07, 6.45) is 5.02. The fraction of sp³-hybridized carbons (Fsp3) is 0.353. The Kier molecular flexibility index (Phi) is 4.88. The normalized spacial score (nSPS) is 17.7. The predicted molar refractivity (Wildman–Crippen MR) is 90.8 cm³/mol. The van der Waals surface area contributed by atoms with Crippen molar-refractivity contribution in [3.8, 4) is 0 Å². The van der Waals surface area contributed by atoms with Crippen LogP contribution in [-0.2, 0) is 0 Å². The first kappa shape index (κ1) is 15.9. The van der Waals surface area contributed by atoms with E-state index in [-0.39, 0.29) is 11.9 Å². The molecule has 1 fully saturated rings. The molecule has 1 aromatic heterocycles. The summed E-state index contributed by atoms with van der Waals surface area (Å²) in [7, 11) is 0. The van der Waals surface area contributed by atoms with Crippen molar-refractivity contribution in [2.24, 2.45) is 0 Å². The molecule has 2 N–H and O–H groups in total. The number of aryl methyl sites for hydroxylation is 1. The van der Waals surface area contributed by atoms with Gasteiger partial charge in [0.1, 0.15) is 5.82 Å². The topological polar surface area (TPSA) is 66.9 Å². The van der Waals surface area contributed by atoms with Crippen LogP contribution in [0.1, 0.15) is 47.2 Å². The molecule has 1 aromatic carbocycles. The van der Waals surface area contributed by atoms with Crippen LogP contribution in [0.4, 0.5) is 5.69 Å². The molecule has 1 unspecified atom stereocenters. The molecule has 0 spiro atoms. The highest BCUT2D eigenvalue weighted by Gasteiger charge is 2.19. The summed E-state index contributed by atoms with van der Waals surface area (Å²) in [4.78, 5) is 21.3. The van der Waals surface area contributed by atoms with Gasteiger partial charge in [-0.15, -0.1) is 0 Å². The molecule has 1 aliphatic rings. The minimum Gasteiger partial charge on any atom is -0.322 e. The van der Waals surface area contributed by atoms with Crippen LogP contribution in [0.3, 0.4) is 0 Å². The first-order chi connectivity index (χ1) is 11.1. The molecule has 1 saturated heterocycles. The van der Waals surface area contributed by atoms with E-state index in [1.165, 1.54) is 12.8 Å². The standard InChI is InChI=1S/C17H19ClN4O/c1-11-14(17(23)22-13-7-5-12(18)6-8-13)10-20-16(21-11)15-4-2-3-9-19-15/h5-8,10,15,19H,2-4,9H2,1H3,(H,22,23). The summed E-state index contributed by atoms with van der Waals surface area (Å²) in [6.45, 7) is 2.83. The van der Waals surface area contributed by atoms with E-state index >= 15 is 0 Å². The van der Waals surface area contributed by atoms with Crippen molar-refractivity contribution in [2.75, 3.05) is 11.9 Å². The van der Waals surface area contributed by atoms with E-state index < -0.39 is 0 Å². The highest BCUT2D eigenvalue weighted by Crippen LogP contribution is 2.21. The van der Waals surface area contributed by atoms with Gasteiger partial charge in [-0.1, -0.05) is 18.0 Å². The largest absolute Gasteiger partial charge is 0.322 e. The van der Waals surface area contributed by atoms with Crippen molar-refractivity contribution >= 4 is 23.2 Å². The fourth-order valence-electron chi connectivity index (χ4n) is 2.68. The van der Waals surface area contributed by atoms with Gasteiger partial charge in [-0.2, -0.15) is 0 Å². The van der Waals surface area contributed by atoms with Crippen LogP contribution in [0.2, 0.25) is 5.02 Å². The Morgan fingerprint density at radius 1 is 1.30 bits per heavy atom. The zero-order chi connectivity index (χ0) is 16.2. The molecule has 6 heteroatoms. The van der Waals surface area contributed by atoms with Crippen molar-refractivity contribution in [1.29, 1.82) is 0 Å². The Balaban J connectivity index is 1.74. The summed E-state index contributed by atoms with van der Waals surface area (Å²) in [5.41, 5.74) is 1.87. The van der Waals surface area contributed by atoms with E-state index in [1.807, 2.05) is 6.92 Å². The van der Waals surface area contributed by atoms with Crippen LogP contribution < -0.4 is 10.6 Å². The number of anilines is 1. The Labute approximate surface area is 140 Å². The summed E-state index contributed by atoms with van der Waals surface area (Å²) in [6, 6.07) is 7.18. The molecule has 1 amide bonds. The number of carbonyl (C=O) groups is 1. The van der Waals surface area contributed by atoms with Gasteiger partial charge in [0.15, 0.2) is 0 Å². The highest BCUT2D eigenvalue weighted by molar-refractivity contribution is 6.30. The fourth-order valence-corrected chi connectivity index (χ4v) is 2.81. The maximum atomic E-state index is 12.4. The van der Waals surface area contributed by atoms with Crippen LogP contribution in [-0.4, -0.2) is 22.4 Å². The number of nitrogens with zero attached hydrogens (tertiary/aromatic N) is 2. The second-order valence-electron chi connectivity index (χ2n) is 5.69. The molecule has 0 saturated carbocycles. The maximum Gasteiger partial charge on any atom is 0.259 e. The van der Waals surface area contributed by atoms with E-state index in [1.54, 1.807) is 30.5 Å². The third kappa shape index (κ3) is 3.86. The van der Waals surface area contributed by atoms with Crippen LogP contribution >= 0.6 is 11.6 Å². The Bertz CT molecular complexity index is 696. The van der Waals surface area contributed by atoms with Crippen molar-refractivity contribution in [3.05, 3.63) is 52.6 Å². The molecule has 120 valence electrons. The lowest BCUT2D eigenvalue weighted by Crippen LogP contribution is -2.29. The van der Waals surface area contributed by atoms with Gasteiger partial charge >= 0.3 is 0 Å². The molecular formula is C17H19ClN4O. The third-order valence-corrected chi connectivity index (χ3v) is 4.22. The maximum absolute atomic E-state index is 12.4. The highest BCUT2D eigenvalue weighted by atomic mass is 35.5. The number of benzene rings is 1. The molecule has 1 aliphatic heterocycles. The lowest BCUT2D eigenvalue weighted by Gasteiger charge is -2.22. The number of piperidine rings is 1. The number of amides is 1. The third-order valence-electron chi connectivity index (χ3n) is 3.97. The summed E-state index contributed by atoms with van der Waals surface area (Å²) in [5.74, 6) is 0.554. The van der Waals surface area contributed by atoms with Crippen molar-refractivity contribution in [3.63, 3.8) is 0 Å². The Morgan fingerprint density at radius 3 is 2.74 bits per heavy atom. The monoisotopic (exact) mass is 330 g/mol. The Morgan fingerprint density at radius 2 is 2.09 bits per heavy atom. The van der Waals surface area contributed by atoms with E-state index in [2.05, 4.69) is 20.6 Å². The van der Waals surface area contributed by atoms with Gasteiger partial charge in [0.05, 0.1) is 17.3 Å². The summed E-state index contributed by atoms with van der Waals surface area (Å²) >= 11 is 5.84. The van der Waals surface area contributed by atoms with Crippen molar-refractivity contribution in [1.82, 2.24) is 15.3 Å². The zero-order valence-electron chi connectivity index (χ0n) is 13.0. The van der Waals surface area contributed by atoms with Crippen LogP contribution in [0, 0.1) is 6.92 Å². The molecule has 0 radical (unpaired) electrons. The molecule has 2 aromatic rings. The lowest BCUT2D eigenvalue weighted by atomic mass is 10.0. The van der Waals surface area contributed by atoms with Crippen molar-refractivity contribution in [2.45, 2.75) is 32.2 Å². The average molecular weight is 331 g/mol. The predicted octanol–water partition coefficient (Wildman–Crippen LogP) is 3.51. The quantitative estimate of drug-likeness (QED) is 0.903. The van der Waals surface area contributed by atoms with Crippen LogP contribution in [0.25, 0.3) is 0 Å². The smallest absolute Gasteiger partial charge is 0.259 e. The minimum absolute atomic E-state index is 0.191. The number of hydrogen-bond acceptors (Lipinski definition) is 4. The van der Waals surface area contributed by atoms with Crippen LogP contribution in [0.5, 0.6) is 0 Å². The van der Waals surface area contributed by atoms with Gasteiger partial charge in [0.2, 0.25) is 0 Å². The molecule has 3 rings (SSSR count). The number of halogens is 1. The van der Waals surface area contributed by atoms with Gasteiger partial charge in [-0.3, -0.25) is 4.79 Å². The van der Waals surface area contributed by atoms with Gasteiger partial charge in [-0.25, -0.2) is 9.97 Å². The number of nitrogens with one attached hydrogen (secondary N) is 2. The molecule has 1 atom stereocenters. The molecular weight excluding hydrogens is 312 g/mol. The minimum atomic E-state index is -0.215. The van der Waals surface area contributed by atoms with Gasteiger partial charge < -0.3 is 10.6 Å². The lowest BCUT2D eigenvalue weighted by molar-refractivity contribution is 0.102. The summed E-state index contributed by atoms with van der Waals surface area (Å²) in [5, 5.41) is 6.88. The Hall–Kier alpha value is -1.98. The first-order valence-corrected chi connectivity index (χ1v) is 8.15. The second-order valence-corrected chi connectivity index (χ2v) is 6.13. The number of aromatic nitrogens is 2. The second kappa shape index (κ2) is 7.06. The van der Waals surface area contributed by atoms with Gasteiger partial charge in [-0.05, 0) is 50.6 Å². The SMILES string of the molecule is Cc1nc(C2CCCCN2)ncc1C(=O)Nc1ccc(Cl)cc1. The first-order valence-electron chi connectivity index (χ1n) is 7.77. The molecule has 0 aliphatic carbocycles. The molecule has 2 heterocycles. The molecule has 5 nitrogen and oxygen atoms in total. The van der Waals surface area contributed by atoms with Gasteiger partial charge in [0, 0.05) is 16.9 Å². The molecule has 0 bridgehead atoms. The van der Waals surface area contributed by atoms with E-state index in [4.69, 9.17) is 11.6 Å². The summed E-state index contributed by atoms with van der Waals surface area (Å²) < 4.78 is 0. The van der Waals surface area contributed by atoms with E-state index in [9.17, 15) is 4.79 Å². The number of rotatable bonds is 3. The molecule has 23 heavy (non-hydrogen) atoms. The van der Waals surface area contributed by atoms with E-state index in [0.717, 1.165) is 18.8 Å². The van der Waals surface area contributed by atoms with Crippen molar-refractivity contribution < 1.29 is 4.79 Å². The van der Waals surface area contributed by atoms with Crippen LogP contribution in [0.15, 0.2) is 30.5 Å².